The van der Waals surface area contributed by atoms with Crippen molar-refractivity contribution >= 4 is 0 Å². The van der Waals surface area contributed by atoms with E-state index in [9.17, 15) is 0 Å². The number of benzene rings is 1. The van der Waals surface area contributed by atoms with Crippen molar-refractivity contribution in [3.63, 3.8) is 0 Å². The minimum Gasteiger partial charge on any atom is -0.496 e. The predicted octanol–water partition coefficient (Wildman–Crippen LogP) is 3.28. The number of likely N-dealkylation sites (N-methyl/N-ethyl adjacent to an activating group) is 1. The minimum absolute atomic E-state index is 0.191. The third kappa shape index (κ3) is 3.64. The van der Waals surface area contributed by atoms with Crippen LogP contribution in [0.1, 0.15) is 42.8 Å². The average Bonchev–Trinajstić information content (AvgIpc) is 2.93. The summed E-state index contributed by atoms with van der Waals surface area (Å²) in [6.45, 7) is 6.34. The molecule has 0 amide bonds. The van der Waals surface area contributed by atoms with Crippen molar-refractivity contribution in [2.45, 2.75) is 39.3 Å². The van der Waals surface area contributed by atoms with Crippen LogP contribution in [0.15, 0.2) is 30.5 Å². The summed E-state index contributed by atoms with van der Waals surface area (Å²) >= 11 is 0. The Morgan fingerprint density at radius 2 is 2.05 bits per heavy atom. The number of nitrogens with one attached hydrogen (secondary N) is 1. The standard InChI is InChI=1S/C17H25N3O/c1-12(2)20-9-8-14(19-20)11-16(18-4)15-7-6-13(3)10-17(15)21-5/h6-10,12,16,18H,11H2,1-5H3. The molecule has 0 aliphatic heterocycles. The molecule has 0 aliphatic carbocycles. The third-order valence-electron chi connectivity index (χ3n) is 3.72. The van der Waals surface area contributed by atoms with Crippen molar-refractivity contribution in [1.29, 1.82) is 0 Å². The van der Waals surface area contributed by atoms with Gasteiger partial charge >= 0.3 is 0 Å². The van der Waals surface area contributed by atoms with E-state index < -0.39 is 0 Å². The van der Waals surface area contributed by atoms with Gasteiger partial charge in [0, 0.05) is 30.3 Å². The lowest BCUT2D eigenvalue weighted by molar-refractivity contribution is 0.400. The molecular formula is C17H25N3O. The Hall–Kier alpha value is -1.81. The maximum atomic E-state index is 5.52. The van der Waals surface area contributed by atoms with Crippen LogP contribution in [0.3, 0.4) is 0 Å². The molecule has 0 spiro atoms. The van der Waals surface area contributed by atoms with Gasteiger partial charge in [-0.1, -0.05) is 12.1 Å². The van der Waals surface area contributed by atoms with Gasteiger partial charge in [-0.2, -0.15) is 5.10 Å². The molecule has 0 fully saturated rings. The van der Waals surface area contributed by atoms with Crippen LogP contribution in [0.5, 0.6) is 5.75 Å². The van der Waals surface area contributed by atoms with E-state index in [1.54, 1.807) is 7.11 Å². The zero-order valence-corrected chi connectivity index (χ0v) is 13.6. The van der Waals surface area contributed by atoms with Gasteiger partial charge in [-0.25, -0.2) is 0 Å². The number of methoxy groups -OCH3 is 1. The summed E-state index contributed by atoms with van der Waals surface area (Å²) in [4.78, 5) is 0. The predicted molar refractivity (Wildman–Crippen MR) is 85.8 cm³/mol. The van der Waals surface area contributed by atoms with E-state index in [1.807, 2.05) is 17.9 Å². The van der Waals surface area contributed by atoms with Gasteiger partial charge in [0.25, 0.3) is 0 Å². The molecule has 1 aromatic carbocycles. The molecule has 114 valence electrons. The van der Waals surface area contributed by atoms with Gasteiger partial charge < -0.3 is 10.1 Å². The number of hydrogen-bond donors (Lipinski definition) is 1. The minimum atomic E-state index is 0.191. The Bertz CT molecular complexity index is 589. The van der Waals surface area contributed by atoms with Gasteiger partial charge in [0.2, 0.25) is 0 Å². The quantitative estimate of drug-likeness (QED) is 0.886. The first-order chi connectivity index (χ1) is 10.0. The summed E-state index contributed by atoms with van der Waals surface area (Å²) < 4.78 is 7.52. The van der Waals surface area contributed by atoms with E-state index in [1.165, 1.54) is 11.1 Å². The topological polar surface area (TPSA) is 39.1 Å². The highest BCUT2D eigenvalue weighted by atomic mass is 16.5. The molecule has 4 heteroatoms. The molecule has 0 radical (unpaired) electrons. The molecule has 4 nitrogen and oxygen atoms in total. The second-order valence-electron chi connectivity index (χ2n) is 5.67. The van der Waals surface area contributed by atoms with Crippen molar-refractivity contribution in [2.24, 2.45) is 0 Å². The number of aryl methyl sites for hydroxylation is 1. The summed E-state index contributed by atoms with van der Waals surface area (Å²) in [5.41, 5.74) is 3.46. The molecule has 0 saturated carbocycles. The monoisotopic (exact) mass is 287 g/mol. The molecule has 2 aromatic rings. The van der Waals surface area contributed by atoms with Crippen LogP contribution in [-0.4, -0.2) is 23.9 Å². The number of ether oxygens (including phenoxy) is 1. The van der Waals surface area contributed by atoms with E-state index in [2.05, 4.69) is 55.5 Å². The molecule has 21 heavy (non-hydrogen) atoms. The number of rotatable bonds is 6. The van der Waals surface area contributed by atoms with Gasteiger partial charge in [-0.3, -0.25) is 4.68 Å². The molecular weight excluding hydrogens is 262 g/mol. The third-order valence-corrected chi connectivity index (χ3v) is 3.72. The van der Waals surface area contributed by atoms with Crippen LogP contribution in [0.25, 0.3) is 0 Å². The largest absolute Gasteiger partial charge is 0.496 e. The molecule has 0 aliphatic rings. The van der Waals surface area contributed by atoms with E-state index in [0.717, 1.165) is 17.9 Å². The van der Waals surface area contributed by atoms with Crippen molar-refractivity contribution in [3.05, 3.63) is 47.3 Å². The molecule has 0 saturated heterocycles. The van der Waals surface area contributed by atoms with Gasteiger partial charge in [-0.05, 0) is 45.5 Å². The maximum Gasteiger partial charge on any atom is 0.123 e. The SMILES string of the molecule is CNC(Cc1ccn(C(C)C)n1)c1ccc(C)cc1OC. The fraction of sp³-hybridized carbons (Fsp3) is 0.471. The number of nitrogens with zero attached hydrogens (tertiary/aromatic N) is 2. The number of aromatic nitrogens is 2. The second-order valence-corrected chi connectivity index (χ2v) is 5.67. The normalized spacial score (nSPS) is 12.7. The lowest BCUT2D eigenvalue weighted by Gasteiger charge is -2.19. The second kappa shape index (κ2) is 6.76. The molecule has 1 heterocycles. The highest BCUT2D eigenvalue weighted by Crippen LogP contribution is 2.28. The summed E-state index contributed by atoms with van der Waals surface area (Å²) in [6, 6.07) is 9.00. The summed E-state index contributed by atoms with van der Waals surface area (Å²) in [6.07, 6.45) is 2.88. The highest BCUT2D eigenvalue weighted by molar-refractivity contribution is 5.39. The van der Waals surface area contributed by atoms with Crippen LogP contribution in [0, 0.1) is 6.92 Å². The van der Waals surface area contributed by atoms with Crippen LogP contribution in [0.2, 0.25) is 0 Å². The van der Waals surface area contributed by atoms with Crippen LogP contribution in [-0.2, 0) is 6.42 Å². The lowest BCUT2D eigenvalue weighted by Crippen LogP contribution is -2.20. The van der Waals surface area contributed by atoms with Crippen molar-refractivity contribution in [2.75, 3.05) is 14.2 Å². The molecule has 1 unspecified atom stereocenters. The fourth-order valence-electron chi connectivity index (χ4n) is 2.46. The lowest BCUT2D eigenvalue weighted by atomic mass is 10.00. The van der Waals surface area contributed by atoms with E-state index in [-0.39, 0.29) is 6.04 Å². The maximum absolute atomic E-state index is 5.52. The van der Waals surface area contributed by atoms with Gasteiger partial charge in [-0.15, -0.1) is 0 Å². The highest BCUT2D eigenvalue weighted by Gasteiger charge is 2.16. The van der Waals surface area contributed by atoms with Gasteiger partial charge in [0.1, 0.15) is 5.75 Å². The Balaban J connectivity index is 2.23. The van der Waals surface area contributed by atoms with Gasteiger partial charge in [0.15, 0.2) is 0 Å². The molecule has 1 N–H and O–H groups in total. The zero-order valence-electron chi connectivity index (χ0n) is 13.6. The van der Waals surface area contributed by atoms with E-state index >= 15 is 0 Å². The molecule has 0 bridgehead atoms. The molecule has 2 rings (SSSR count). The Labute approximate surface area is 127 Å². The molecule has 1 aromatic heterocycles. The van der Waals surface area contributed by atoms with Crippen molar-refractivity contribution < 1.29 is 4.74 Å². The first kappa shape index (κ1) is 15.6. The first-order valence-electron chi connectivity index (χ1n) is 7.41. The summed E-state index contributed by atoms with van der Waals surface area (Å²) in [5.74, 6) is 0.928. The fourth-order valence-corrected chi connectivity index (χ4v) is 2.46. The van der Waals surface area contributed by atoms with Crippen molar-refractivity contribution in [3.8, 4) is 5.75 Å². The van der Waals surface area contributed by atoms with E-state index in [0.29, 0.717) is 6.04 Å². The number of hydrogen-bond acceptors (Lipinski definition) is 3. The summed E-state index contributed by atoms with van der Waals surface area (Å²) in [5, 5.41) is 8.00. The Morgan fingerprint density at radius 1 is 1.29 bits per heavy atom. The van der Waals surface area contributed by atoms with Crippen molar-refractivity contribution in [1.82, 2.24) is 15.1 Å². The first-order valence-corrected chi connectivity index (χ1v) is 7.41. The Kier molecular flexibility index (Phi) is 5.02. The average molecular weight is 287 g/mol. The van der Waals surface area contributed by atoms with Crippen LogP contribution < -0.4 is 10.1 Å². The zero-order chi connectivity index (χ0) is 15.4. The van der Waals surface area contributed by atoms with Crippen LogP contribution >= 0.6 is 0 Å². The van der Waals surface area contributed by atoms with Crippen LogP contribution in [0.4, 0.5) is 0 Å². The summed E-state index contributed by atoms with van der Waals surface area (Å²) in [7, 11) is 3.70. The Morgan fingerprint density at radius 3 is 2.62 bits per heavy atom. The van der Waals surface area contributed by atoms with E-state index in [4.69, 9.17) is 4.74 Å². The smallest absolute Gasteiger partial charge is 0.123 e. The van der Waals surface area contributed by atoms with Gasteiger partial charge in [0.05, 0.1) is 12.8 Å². The molecule has 1 atom stereocenters.